The molecule has 0 spiro atoms. The number of hydrogen-bond donors (Lipinski definition) is 4. The van der Waals surface area contributed by atoms with Crippen molar-refractivity contribution < 1.29 is 61.2 Å². The number of urea groups is 1. The number of benzene rings is 4. The maximum atomic E-state index is 15.0. The van der Waals surface area contributed by atoms with Crippen LogP contribution in [0.15, 0.2) is 84.9 Å². The van der Waals surface area contributed by atoms with Gasteiger partial charge in [0.25, 0.3) is 0 Å². The number of thiophene rings is 2. The van der Waals surface area contributed by atoms with E-state index in [1.165, 1.54) is 12.1 Å². The molecule has 15 nitrogen and oxygen atoms in total. The van der Waals surface area contributed by atoms with Crippen molar-refractivity contribution in [1.82, 2.24) is 9.80 Å². The van der Waals surface area contributed by atoms with Gasteiger partial charge >= 0.3 is 30.2 Å². The lowest BCUT2D eigenvalue weighted by Gasteiger charge is -2.22. The van der Waals surface area contributed by atoms with Crippen molar-refractivity contribution in [3.63, 3.8) is 0 Å². The molecular formula is C51H52F4N6O9S2. The summed E-state index contributed by atoms with van der Waals surface area (Å²) >= 11 is 1.87. The standard InChI is InChI=1S/C51H52F4N6O9S2/c1-7-23-69-50(67)60(27-33-37(52)11-9-12-38(33)53)45-41(47(62)63)35(25-58(3)4)43(71-45)29-15-19-31(20-16-29)56-49(66)57-32-21-17-30(18-22-32)44-36(26-59(5)6)42(48(64)65)46(72-44)61(51(68)70-24-8-2)28-34-39(54)13-10-14-40(34)55/h9-22H,7-8,23-28H2,1-6H3,(H,62,63)(H,64,65)(H2,56,57,66). The van der Waals surface area contributed by atoms with Crippen LogP contribution in [0.25, 0.3) is 20.9 Å². The van der Waals surface area contributed by atoms with E-state index < -0.39 is 77.6 Å². The summed E-state index contributed by atoms with van der Waals surface area (Å²) in [4.78, 5) is 72.6. The van der Waals surface area contributed by atoms with Gasteiger partial charge in [-0.3, -0.25) is 9.80 Å². The fourth-order valence-electron chi connectivity index (χ4n) is 7.48. The summed E-state index contributed by atoms with van der Waals surface area (Å²) < 4.78 is 70.6. The fourth-order valence-corrected chi connectivity index (χ4v) is 10.1. The van der Waals surface area contributed by atoms with Crippen molar-refractivity contribution in [1.29, 1.82) is 0 Å². The summed E-state index contributed by atoms with van der Waals surface area (Å²) in [6.45, 7) is 2.37. The Bertz CT molecular complexity index is 2710. The largest absolute Gasteiger partial charge is 0.478 e. The molecule has 0 atom stereocenters. The van der Waals surface area contributed by atoms with Crippen molar-refractivity contribution in [3.8, 4) is 20.9 Å². The van der Waals surface area contributed by atoms with Gasteiger partial charge in [-0.25, -0.2) is 41.5 Å². The molecule has 2 aromatic heterocycles. The van der Waals surface area contributed by atoms with Gasteiger partial charge < -0.3 is 40.1 Å². The third-order valence-corrected chi connectivity index (χ3v) is 13.3. The summed E-state index contributed by atoms with van der Waals surface area (Å²) in [7, 11) is 6.92. The van der Waals surface area contributed by atoms with Gasteiger partial charge in [0.15, 0.2) is 0 Å². The van der Waals surface area contributed by atoms with Crippen LogP contribution in [-0.4, -0.2) is 91.6 Å². The second-order valence-corrected chi connectivity index (χ2v) is 18.8. The van der Waals surface area contributed by atoms with Gasteiger partial charge in [-0.15, -0.1) is 22.7 Å². The van der Waals surface area contributed by atoms with Gasteiger partial charge in [-0.2, -0.15) is 0 Å². The van der Waals surface area contributed by atoms with E-state index in [4.69, 9.17) is 9.47 Å². The molecule has 0 aliphatic carbocycles. The monoisotopic (exact) mass is 1030 g/mol. The lowest BCUT2D eigenvalue weighted by atomic mass is 10.0. The zero-order valence-corrected chi connectivity index (χ0v) is 41.7. The molecule has 0 unspecified atom stereocenters. The Labute approximate surface area is 420 Å². The van der Waals surface area contributed by atoms with Crippen LogP contribution in [0.1, 0.15) is 69.7 Å². The molecule has 0 saturated heterocycles. The highest BCUT2D eigenvalue weighted by Gasteiger charge is 2.34. The van der Waals surface area contributed by atoms with Crippen molar-refractivity contribution in [2.75, 3.05) is 61.8 Å². The first-order valence-corrected chi connectivity index (χ1v) is 24.1. The fraction of sp³-hybridized carbons (Fsp3) is 0.275. The topological polar surface area (TPSA) is 181 Å². The Kier molecular flexibility index (Phi) is 18.1. The third kappa shape index (κ3) is 12.8. The van der Waals surface area contributed by atoms with Crippen molar-refractivity contribution >= 4 is 74.2 Å². The molecule has 21 heteroatoms. The smallest absolute Gasteiger partial charge is 0.415 e. The minimum Gasteiger partial charge on any atom is -0.478 e. The van der Waals surface area contributed by atoms with Crippen LogP contribution in [0, 0.1) is 23.3 Å². The minimum atomic E-state index is -1.38. The molecular weight excluding hydrogens is 981 g/mol. The Balaban J connectivity index is 1.27. The maximum Gasteiger partial charge on any atom is 0.415 e. The van der Waals surface area contributed by atoms with Crippen molar-refractivity contribution in [2.45, 2.75) is 52.9 Å². The van der Waals surface area contributed by atoms with Crippen LogP contribution >= 0.6 is 22.7 Å². The normalized spacial score (nSPS) is 11.2. The molecule has 0 bridgehead atoms. The first kappa shape index (κ1) is 54.0. The summed E-state index contributed by atoms with van der Waals surface area (Å²) in [6, 6.07) is 18.8. The number of carboxylic acids is 2. The predicted octanol–water partition coefficient (Wildman–Crippen LogP) is 12.0. The quantitative estimate of drug-likeness (QED) is 0.0534. The molecule has 0 radical (unpaired) electrons. The van der Waals surface area contributed by atoms with Gasteiger partial charge in [0.1, 0.15) is 33.3 Å². The molecule has 0 fully saturated rings. The molecule has 0 aliphatic heterocycles. The lowest BCUT2D eigenvalue weighted by Crippen LogP contribution is -2.32. The highest BCUT2D eigenvalue weighted by atomic mass is 32.1. The summed E-state index contributed by atoms with van der Waals surface area (Å²) in [5, 5.41) is 26.5. The van der Waals surface area contributed by atoms with E-state index in [-0.39, 0.29) is 47.4 Å². The molecule has 6 aromatic rings. The number of carboxylic acid groups (broad SMARTS) is 2. The molecule has 380 valence electrons. The van der Waals surface area contributed by atoms with E-state index in [2.05, 4.69) is 10.6 Å². The number of carbonyl (C=O) groups is 5. The van der Waals surface area contributed by atoms with Gasteiger partial charge in [-0.05, 0) is 101 Å². The number of nitrogens with zero attached hydrogens (tertiary/aromatic N) is 4. The molecule has 2 heterocycles. The number of rotatable bonds is 20. The number of ether oxygens (including phenoxy) is 2. The van der Waals surface area contributed by atoms with E-state index in [0.717, 1.165) is 56.7 Å². The summed E-state index contributed by atoms with van der Waals surface area (Å²) in [6.07, 6.45) is -1.11. The first-order valence-electron chi connectivity index (χ1n) is 22.4. The van der Waals surface area contributed by atoms with Crippen LogP contribution in [0.5, 0.6) is 0 Å². The average molecular weight is 1030 g/mol. The lowest BCUT2D eigenvalue weighted by molar-refractivity contribution is 0.0685. The SMILES string of the molecule is CCCOC(=O)N(Cc1c(F)cccc1F)c1sc(-c2ccc(NC(=O)Nc3ccc(-c4sc(N(Cc5c(F)cccc5F)C(=O)OCCC)c(C(=O)O)c4CN(C)C)cc3)cc2)c(CN(C)C)c1C(=O)O. The number of hydrogen-bond acceptors (Lipinski definition) is 11. The van der Waals surface area contributed by atoms with E-state index in [1.807, 2.05) is 0 Å². The van der Waals surface area contributed by atoms with E-state index >= 15 is 0 Å². The zero-order valence-electron chi connectivity index (χ0n) is 40.1. The van der Waals surface area contributed by atoms with Gasteiger partial charge in [0, 0.05) is 56.5 Å². The van der Waals surface area contributed by atoms with Gasteiger partial charge in [0.05, 0.1) is 37.4 Å². The van der Waals surface area contributed by atoms with Crippen LogP contribution in [-0.2, 0) is 35.7 Å². The third-order valence-electron chi connectivity index (χ3n) is 10.7. The number of carbonyl (C=O) groups excluding carboxylic acids is 3. The molecule has 4 aromatic carbocycles. The van der Waals surface area contributed by atoms with E-state index in [0.29, 0.717) is 56.2 Å². The van der Waals surface area contributed by atoms with Crippen LogP contribution < -0.4 is 20.4 Å². The van der Waals surface area contributed by atoms with Gasteiger partial charge in [0.2, 0.25) is 0 Å². The molecule has 72 heavy (non-hydrogen) atoms. The second kappa shape index (κ2) is 24.2. The van der Waals surface area contributed by atoms with Gasteiger partial charge in [-0.1, -0.05) is 50.2 Å². The number of halogens is 4. The summed E-state index contributed by atoms with van der Waals surface area (Å²) in [5.74, 6) is -6.46. The Morgan fingerprint density at radius 2 is 0.847 bits per heavy atom. The predicted molar refractivity (Wildman–Crippen MR) is 269 cm³/mol. The average Bonchev–Trinajstić information content (AvgIpc) is 3.88. The molecule has 0 aliphatic rings. The Morgan fingerprint density at radius 1 is 0.514 bits per heavy atom. The van der Waals surface area contributed by atoms with E-state index in [1.54, 1.807) is 100 Å². The molecule has 4 amide bonds. The number of nitrogens with one attached hydrogen (secondary N) is 2. The maximum absolute atomic E-state index is 15.0. The van der Waals surface area contributed by atoms with E-state index in [9.17, 15) is 51.7 Å². The first-order chi connectivity index (χ1) is 34.3. The Hall–Kier alpha value is -7.33. The zero-order chi connectivity index (χ0) is 52.4. The number of aromatic carboxylic acids is 2. The van der Waals surface area contributed by atoms with Crippen molar-refractivity contribution in [3.05, 3.63) is 142 Å². The molecule has 6 rings (SSSR count). The highest BCUT2D eigenvalue weighted by molar-refractivity contribution is 7.20. The van der Waals surface area contributed by atoms with Crippen LogP contribution in [0.4, 0.5) is 53.3 Å². The van der Waals surface area contributed by atoms with Crippen LogP contribution in [0.2, 0.25) is 0 Å². The summed E-state index contributed by atoms with van der Waals surface area (Å²) in [5.41, 5.74) is 0.969. The molecule has 4 N–H and O–H groups in total. The number of anilines is 4. The minimum absolute atomic E-state index is 0.0266. The Morgan fingerprint density at radius 3 is 1.14 bits per heavy atom. The highest BCUT2D eigenvalue weighted by Crippen LogP contribution is 2.46. The van der Waals surface area contributed by atoms with Crippen LogP contribution in [0.3, 0.4) is 0 Å². The molecule has 0 saturated carbocycles. The van der Waals surface area contributed by atoms with Crippen molar-refractivity contribution in [2.24, 2.45) is 0 Å². The number of amides is 4. The second-order valence-electron chi connectivity index (χ2n) is 16.8.